The number of hydrogen-bond acceptors (Lipinski definition) is 1. The number of rotatable bonds is 3. The Balaban J connectivity index is 0.000000770. The molecule has 17 heavy (non-hydrogen) atoms. The van der Waals surface area contributed by atoms with Crippen LogP contribution in [0.2, 0.25) is 0 Å². The summed E-state index contributed by atoms with van der Waals surface area (Å²) in [6.45, 7) is 5.16. The van der Waals surface area contributed by atoms with E-state index in [0.29, 0.717) is 6.42 Å². The summed E-state index contributed by atoms with van der Waals surface area (Å²) < 4.78 is 49.7. The fourth-order valence-corrected chi connectivity index (χ4v) is 1.16. The molecule has 6 heteroatoms. The zero-order chi connectivity index (χ0) is 13.5. The summed E-state index contributed by atoms with van der Waals surface area (Å²) in [6, 6.07) is 0. The van der Waals surface area contributed by atoms with Crippen LogP contribution in [0.25, 0.3) is 0 Å². The first-order valence-corrected chi connectivity index (χ1v) is 5.59. The van der Waals surface area contributed by atoms with Gasteiger partial charge in [-0.2, -0.15) is 13.2 Å². The van der Waals surface area contributed by atoms with Crippen molar-refractivity contribution in [2.45, 2.75) is 46.3 Å². The van der Waals surface area contributed by atoms with E-state index in [1.165, 1.54) is 11.0 Å². The Morgan fingerprint density at radius 1 is 1.24 bits per heavy atom. The lowest BCUT2D eigenvalue weighted by atomic mass is 10.4. The molecule has 0 unspecified atom stereocenters. The van der Waals surface area contributed by atoms with Crippen molar-refractivity contribution in [2.24, 2.45) is 0 Å². The molecule has 0 aliphatic carbocycles. The smallest absolute Gasteiger partial charge is 0.332 e. The molecule has 0 aliphatic heterocycles. The monoisotopic (exact) mass is 254 g/mol. The lowest BCUT2D eigenvalue weighted by Crippen LogP contribution is -2.05. The molecule has 0 aliphatic rings. The first kappa shape index (κ1) is 15.9. The van der Waals surface area contributed by atoms with Gasteiger partial charge in [-0.3, -0.25) is 0 Å². The zero-order valence-corrected chi connectivity index (χ0v) is 10.3. The van der Waals surface area contributed by atoms with Crippen LogP contribution in [-0.4, -0.2) is 16.2 Å². The molecule has 1 aromatic rings. The molecule has 0 bridgehead atoms. The van der Waals surface area contributed by atoms with Crippen molar-refractivity contribution in [3.05, 3.63) is 17.7 Å². The summed E-state index contributed by atoms with van der Waals surface area (Å²) in [7, 11) is 0. The highest BCUT2D eigenvalue weighted by molar-refractivity contribution is 5.07. The Kier molecular flexibility index (Phi) is 6.83. The zero-order valence-electron chi connectivity index (χ0n) is 10.3. The van der Waals surface area contributed by atoms with E-state index in [0.717, 1.165) is 6.20 Å². The number of halogens is 4. The van der Waals surface area contributed by atoms with Crippen molar-refractivity contribution in [1.82, 2.24) is 9.55 Å². The molecule has 1 heterocycles. The normalized spacial score (nSPS) is 11.0. The van der Waals surface area contributed by atoms with E-state index in [4.69, 9.17) is 0 Å². The molecule has 0 spiro atoms. The Morgan fingerprint density at radius 3 is 2.12 bits per heavy atom. The molecule has 0 saturated carbocycles. The highest BCUT2D eigenvalue weighted by Crippen LogP contribution is 2.28. The van der Waals surface area contributed by atoms with Crippen LogP contribution >= 0.6 is 0 Å². The minimum atomic E-state index is -4.45. The van der Waals surface area contributed by atoms with Gasteiger partial charge in [0.2, 0.25) is 0 Å². The van der Waals surface area contributed by atoms with Gasteiger partial charge in [0.05, 0.1) is 6.54 Å². The van der Waals surface area contributed by atoms with Gasteiger partial charge in [0.25, 0.3) is 0 Å². The van der Waals surface area contributed by atoms with Crippen molar-refractivity contribution in [3.63, 3.8) is 0 Å². The number of aromatic nitrogens is 2. The van der Waals surface area contributed by atoms with E-state index in [-0.39, 0.29) is 12.4 Å². The largest absolute Gasteiger partial charge is 0.434 e. The number of aryl methyl sites for hydroxylation is 2. The fourth-order valence-electron chi connectivity index (χ4n) is 1.16. The molecule has 0 amide bonds. The summed E-state index contributed by atoms with van der Waals surface area (Å²) in [4.78, 5) is 3.39. The number of hydrogen-bond donors (Lipinski definition) is 0. The Labute approximate surface area is 98.7 Å². The summed E-state index contributed by atoms with van der Waals surface area (Å²) >= 11 is 0. The maximum Gasteiger partial charge on any atom is 0.434 e. The van der Waals surface area contributed by atoms with Crippen LogP contribution in [0, 0.1) is 0 Å². The molecule has 0 fully saturated rings. The van der Waals surface area contributed by atoms with Gasteiger partial charge < -0.3 is 4.57 Å². The van der Waals surface area contributed by atoms with E-state index in [9.17, 15) is 17.6 Å². The minimum absolute atomic E-state index is 0.0771. The second-order valence-corrected chi connectivity index (χ2v) is 3.48. The average molecular weight is 254 g/mol. The number of nitrogens with zero attached hydrogens (tertiary/aromatic N) is 2. The molecule has 0 atom stereocenters. The summed E-state index contributed by atoms with van der Waals surface area (Å²) in [5.41, 5.74) is -0.956. The quantitative estimate of drug-likeness (QED) is 0.749. The van der Waals surface area contributed by atoms with Crippen LogP contribution in [-0.2, 0) is 19.1 Å². The predicted octanol–water partition coefficient (Wildman–Crippen LogP) is 3.85. The Morgan fingerprint density at radius 2 is 1.76 bits per heavy atom. The van der Waals surface area contributed by atoms with Crippen LogP contribution in [0.3, 0.4) is 0 Å². The molecule has 1 aromatic heterocycles. The van der Waals surface area contributed by atoms with Gasteiger partial charge in [0, 0.05) is 12.6 Å². The van der Waals surface area contributed by atoms with Crippen LogP contribution in [0.5, 0.6) is 0 Å². The van der Waals surface area contributed by atoms with Crippen molar-refractivity contribution in [3.8, 4) is 0 Å². The van der Waals surface area contributed by atoms with E-state index < -0.39 is 18.5 Å². The minimum Gasteiger partial charge on any atom is -0.332 e. The van der Waals surface area contributed by atoms with Crippen LogP contribution in [0.1, 0.15) is 38.7 Å². The van der Waals surface area contributed by atoms with Gasteiger partial charge in [-0.25, -0.2) is 9.37 Å². The molecule has 2 nitrogen and oxygen atoms in total. The number of alkyl halides is 4. The molecular weight excluding hydrogens is 236 g/mol. The second kappa shape index (κ2) is 7.29. The van der Waals surface area contributed by atoms with Gasteiger partial charge in [-0.05, 0) is 0 Å². The number of imidazole rings is 1. The SMILES string of the molecule is CCC.CCc1nc(C(F)(F)F)cn1CCF. The summed E-state index contributed by atoms with van der Waals surface area (Å²) in [5.74, 6) is 0.259. The molecule has 0 aromatic carbocycles. The second-order valence-electron chi connectivity index (χ2n) is 3.48. The van der Waals surface area contributed by atoms with Crippen molar-refractivity contribution < 1.29 is 17.6 Å². The fraction of sp³-hybridized carbons (Fsp3) is 0.727. The van der Waals surface area contributed by atoms with Gasteiger partial charge in [0.1, 0.15) is 12.5 Å². The van der Waals surface area contributed by atoms with Gasteiger partial charge in [0.15, 0.2) is 5.69 Å². The van der Waals surface area contributed by atoms with E-state index >= 15 is 0 Å². The van der Waals surface area contributed by atoms with Gasteiger partial charge >= 0.3 is 6.18 Å². The Bertz CT molecular complexity index is 318. The van der Waals surface area contributed by atoms with Crippen molar-refractivity contribution in [1.29, 1.82) is 0 Å². The van der Waals surface area contributed by atoms with Crippen LogP contribution < -0.4 is 0 Å². The molecule has 100 valence electrons. The van der Waals surface area contributed by atoms with Crippen molar-refractivity contribution >= 4 is 0 Å². The Hall–Kier alpha value is -1.07. The summed E-state index contributed by atoms with van der Waals surface area (Å²) in [6.07, 6.45) is -2.00. The van der Waals surface area contributed by atoms with Crippen LogP contribution in [0.4, 0.5) is 17.6 Å². The third-order valence-electron chi connectivity index (χ3n) is 1.79. The average Bonchev–Trinajstić information content (AvgIpc) is 2.62. The van der Waals surface area contributed by atoms with Crippen LogP contribution in [0.15, 0.2) is 6.20 Å². The maximum absolute atomic E-state index is 12.2. The highest BCUT2D eigenvalue weighted by Gasteiger charge is 2.34. The maximum atomic E-state index is 12.2. The first-order valence-electron chi connectivity index (χ1n) is 5.59. The molecule has 1 rings (SSSR count). The van der Waals surface area contributed by atoms with Crippen molar-refractivity contribution in [2.75, 3.05) is 6.67 Å². The first-order chi connectivity index (χ1) is 7.90. The molecule has 0 N–H and O–H groups in total. The van der Waals surface area contributed by atoms with Gasteiger partial charge in [-0.15, -0.1) is 0 Å². The third-order valence-corrected chi connectivity index (χ3v) is 1.79. The van der Waals surface area contributed by atoms with E-state index in [2.05, 4.69) is 18.8 Å². The molecule has 0 saturated heterocycles. The van der Waals surface area contributed by atoms with E-state index in [1.807, 2.05) is 0 Å². The topological polar surface area (TPSA) is 17.8 Å². The lowest BCUT2D eigenvalue weighted by Gasteiger charge is -2.00. The third kappa shape index (κ3) is 5.19. The predicted molar refractivity (Wildman–Crippen MR) is 58.5 cm³/mol. The van der Waals surface area contributed by atoms with Gasteiger partial charge in [-0.1, -0.05) is 27.2 Å². The van der Waals surface area contributed by atoms with E-state index in [1.54, 1.807) is 6.92 Å². The highest BCUT2D eigenvalue weighted by atomic mass is 19.4. The molecular formula is C11H18F4N2. The molecule has 0 radical (unpaired) electrons. The summed E-state index contributed by atoms with van der Waals surface area (Å²) in [5, 5.41) is 0. The lowest BCUT2D eigenvalue weighted by molar-refractivity contribution is -0.141. The standard InChI is InChI=1S/C8H10F4N2.C3H8/c1-2-7-13-6(8(10,11)12)5-14(7)4-3-9;1-3-2/h5H,2-4H2,1H3;3H2,1-2H3.